The van der Waals surface area contributed by atoms with E-state index in [1.807, 2.05) is 34.9 Å². The molecule has 0 saturated heterocycles. The number of benzene rings is 2. The Bertz CT molecular complexity index is 862. The molecule has 0 saturated carbocycles. The topological polar surface area (TPSA) is 46.9 Å². The molecule has 0 radical (unpaired) electrons. The number of imidazole rings is 1. The first-order chi connectivity index (χ1) is 11.6. The predicted molar refractivity (Wildman–Crippen MR) is 85.8 cm³/mol. The van der Waals surface area contributed by atoms with E-state index >= 15 is 0 Å². The van der Waals surface area contributed by atoms with Gasteiger partial charge < -0.3 is 9.88 Å². The molecule has 2 aromatic carbocycles. The van der Waals surface area contributed by atoms with Crippen LogP contribution in [0.15, 0.2) is 60.9 Å². The molecular weight excluding hydrogens is 312 g/mol. The normalized spacial score (nSPS) is 12.0. The van der Waals surface area contributed by atoms with Crippen molar-refractivity contribution >= 4 is 5.91 Å². The van der Waals surface area contributed by atoms with E-state index in [0.717, 1.165) is 17.8 Å². The highest BCUT2D eigenvalue weighted by Crippen LogP contribution is 2.17. The van der Waals surface area contributed by atoms with Crippen LogP contribution in [0, 0.1) is 11.6 Å². The van der Waals surface area contributed by atoms with Gasteiger partial charge in [0.15, 0.2) is 0 Å². The van der Waals surface area contributed by atoms with E-state index in [-0.39, 0.29) is 5.56 Å². The molecule has 4 nitrogen and oxygen atoms in total. The maximum absolute atomic E-state index is 13.7. The summed E-state index contributed by atoms with van der Waals surface area (Å²) in [6.07, 6.45) is 3.41. The standard InChI is InChI=1S/C18H15F2N3O/c1-12(22-18(24)15-8-7-13(19)11-16(15)20)17-21-9-10-23(17)14-5-3-2-4-6-14/h2-12H,1H3,(H,22,24). The molecule has 3 rings (SSSR count). The Hall–Kier alpha value is -3.02. The van der Waals surface area contributed by atoms with Crippen LogP contribution in [0.2, 0.25) is 0 Å². The monoisotopic (exact) mass is 327 g/mol. The molecule has 0 fully saturated rings. The highest BCUT2D eigenvalue weighted by Gasteiger charge is 2.19. The second kappa shape index (κ2) is 6.62. The lowest BCUT2D eigenvalue weighted by molar-refractivity contribution is 0.0934. The third-order valence-corrected chi connectivity index (χ3v) is 3.61. The maximum Gasteiger partial charge on any atom is 0.254 e. The van der Waals surface area contributed by atoms with Crippen LogP contribution < -0.4 is 5.32 Å². The Morgan fingerprint density at radius 2 is 1.92 bits per heavy atom. The highest BCUT2D eigenvalue weighted by molar-refractivity contribution is 5.94. The van der Waals surface area contributed by atoms with Gasteiger partial charge in [0, 0.05) is 24.1 Å². The largest absolute Gasteiger partial charge is 0.342 e. The third kappa shape index (κ3) is 3.17. The third-order valence-electron chi connectivity index (χ3n) is 3.61. The van der Waals surface area contributed by atoms with E-state index in [1.54, 1.807) is 19.3 Å². The van der Waals surface area contributed by atoms with Gasteiger partial charge in [-0.1, -0.05) is 18.2 Å². The fourth-order valence-corrected chi connectivity index (χ4v) is 2.45. The van der Waals surface area contributed by atoms with Gasteiger partial charge in [0.25, 0.3) is 5.91 Å². The van der Waals surface area contributed by atoms with Crippen molar-refractivity contribution in [2.24, 2.45) is 0 Å². The Labute approximate surface area is 137 Å². The molecule has 24 heavy (non-hydrogen) atoms. The summed E-state index contributed by atoms with van der Waals surface area (Å²) < 4.78 is 28.5. The van der Waals surface area contributed by atoms with E-state index in [0.29, 0.717) is 11.9 Å². The van der Waals surface area contributed by atoms with E-state index in [9.17, 15) is 13.6 Å². The van der Waals surface area contributed by atoms with Crippen molar-refractivity contribution in [2.45, 2.75) is 13.0 Å². The lowest BCUT2D eigenvalue weighted by Gasteiger charge is -2.16. The molecule has 122 valence electrons. The molecule has 0 aliphatic heterocycles. The molecule has 1 aromatic heterocycles. The number of hydrogen-bond acceptors (Lipinski definition) is 2. The van der Waals surface area contributed by atoms with Gasteiger partial charge >= 0.3 is 0 Å². The SMILES string of the molecule is CC(NC(=O)c1ccc(F)cc1F)c1nccn1-c1ccccc1. The number of aromatic nitrogens is 2. The Kier molecular flexibility index (Phi) is 4.37. The van der Waals surface area contributed by atoms with Crippen molar-refractivity contribution in [1.29, 1.82) is 0 Å². The zero-order valence-corrected chi connectivity index (χ0v) is 12.9. The molecule has 0 aliphatic rings. The minimum Gasteiger partial charge on any atom is -0.342 e. The highest BCUT2D eigenvalue weighted by atomic mass is 19.1. The first-order valence-corrected chi connectivity index (χ1v) is 7.41. The number of hydrogen-bond donors (Lipinski definition) is 1. The Morgan fingerprint density at radius 1 is 1.17 bits per heavy atom. The lowest BCUT2D eigenvalue weighted by atomic mass is 10.1. The maximum atomic E-state index is 13.7. The van der Waals surface area contributed by atoms with Crippen molar-refractivity contribution in [1.82, 2.24) is 14.9 Å². The van der Waals surface area contributed by atoms with Crippen LogP contribution in [0.5, 0.6) is 0 Å². The van der Waals surface area contributed by atoms with Crippen molar-refractivity contribution < 1.29 is 13.6 Å². The van der Waals surface area contributed by atoms with Crippen molar-refractivity contribution in [2.75, 3.05) is 0 Å². The summed E-state index contributed by atoms with van der Waals surface area (Å²) in [6.45, 7) is 1.75. The van der Waals surface area contributed by atoms with Gasteiger partial charge in [0.2, 0.25) is 0 Å². The molecule has 0 aliphatic carbocycles. The molecule has 1 N–H and O–H groups in total. The first-order valence-electron chi connectivity index (χ1n) is 7.41. The average molecular weight is 327 g/mol. The fourth-order valence-electron chi connectivity index (χ4n) is 2.45. The van der Waals surface area contributed by atoms with Crippen LogP contribution in [0.1, 0.15) is 29.1 Å². The number of amides is 1. The smallest absolute Gasteiger partial charge is 0.254 e. The van der Waals surface area contributed by atoms with E-state index in [2.05, 4.69) is 10.3 Å². The van der Waals surface area contributed by atoms with Gasteiger partial charge in [-0.3, -0.25) is 4.79 Å². The zero-order chi connectivity index (χ0) is 17.1. The molecular formula is C18H15F2N3O. The number of carbonyl (C=O) groups is 1. The number of carbonyl (C=O) groups excluding carboxylic acids is 1. The molecule has 6 heteroatoms. The van der Waals surface area contributed by atoms with Crippen LogP contribution in [0.4, 0.5) is 8.78 Å². The van der Waals surface area contributed by atoms with E-state index in [1.165, 1.54) is 0 Å². The minimum atomic E-state index is -0.897. The van der Waals surface area contributed by atoms with Crippen LogP contribution in [0.3, 0.4) is 0 Å². The van der Waals surface area contributed by atoms with Crippen LogP contribution in [-0.2, 0) is 0 Å². The van der Waals surface area contributed by atoms with Crippen molar-refractivity contribution in [3.63, 3.8) is 0 Å². The van der Waals surface area contributed by atoms with Gasteiger partial charge in [-0.2, -0.15) is 0 Å². The van der Waals surface area contributed by atoms with Gasteiger partial charge in [0.05, 0.1) is 11.6 Å². The summed E-state index contributed by atoms with van der Waals surface area (Å²) in [5, 5.41) is 2.68. The number of rotatable bonds is 4. The molecule has 3 aromatic rings. The summed E-state index contributed by atoms with van der Waals surface area (Å²) in [4.78, 5) is 16.5. The molecule has 1 amide bonds. The summed E-state index contributed by atoms with van der Waals surface area (Å²) in [7, 11) is 0. The fraction of sp³-hybridized carbons (Fsp3) is 0.111. The van der Waals surface area contributed by atoms with Gasteiger partial charge in [0.1, 0.15) is 17.5 Å². The van der Waals surface area contributed by atoms with Crippen LogP contribution >= 0.6 is 0 Å². The van der Waals surface area contributed by atoms with Gasteiger partial charge in [-0.25, -0.2) is 13.8 Å². The lowest BCUT2D eigenvalue weighted by Crippen LogP contribution is -2.29. The number of halogens is 2. The number of para-hydroxylation sites is 1. The van der Waals surface area contributed by atoms with Crippen LogP contribution in [0.25, 0.3) is 5.69 Å². The minimum absolute atomic E-state index is 0.207. The summed E-state index contributed by atoms with van der Waals surface area (Å²) in [5.74, 6) is -1.64. The van der Waals surface area contributed by atoms with Gasteiger partial charge in [-0.05, 0) is 31.2 Å². The Morgan fingerprint density at radius 3 is 2.62 bits per heavy atom. The molecule has 1 heterocycles. The molecule has 1 unspecified atom stereocenters. The van der Waals surface area contributed by atoms with Crippen molar-refractivity contribution in [3.8, 4) is 5.69 Å². The summed E-state index contributed by atoms with van der Waals surface area (Å²) in [6, 6.07) is 11.9. The number of nitrogens with zero attached hydrogens (tertiary/aromatic N) is 2. The predicted octanol–water partition coefficient (Wildman–Crippen LogP) is 3.64. The quantitative estimate of drug-likeness (QED) is 0.795. The van der Waals surface area contributed by atoms with Crippen LogP contribution in [-0.4, -0.2) is 15.5 Å². The number of nitrogens with one attached hydrogen (secondary N) is 1. The summed E-state index contributed by atoms with van der Waals surface area (Å²) in [5.41, 5.74) is 0.695. The van der Waals surface area contributed by atoms with Gasteiger partial charge in [-0.15, -0.1) is 0 Å². The second-order valence-electron chi connectivity index (χ2n) is 5.31. The molecule has 0 spiro atoms. The zero-order valence-electron chi connectivity index (χ0n) is 12.9. The van der Waals surface area contributed by atoms with E-state index < -0.39 is 23.6 Å². The second-order valence-corrected chi connectivity index (χ2v) is 5.31. The average Bonchev–Trinajstić information content (AvgIpc) is 3.05. The molecule has 0 bridgehead atoms. The van der Waals surface area contributed by atoms with E-state index in [4.69, 9.17) is 0 Å². The van der Waals surface area contributed by atoms with Crippen molar-refractivity contribution in [3.05, 3.63) is 83.9 Å². The Balaban J connectivity index is 1.82. The first kappa shape index (κ1) is 15.9. The summed E-state index contributed by atoms with van der Waals surface area (Å²) >= 11 is 0. The molecule has 1 atom stereocenters.